The maximum Gasteiger partial charge on any atom is 0.472 e. The summed E-state index contributed by atoms with van der Waals surface area (Å²) in [4.78, 5) is 32.4. The summed E-state index contributed by atoms with van der Waals surface area (Å²) >= 11 is 0. The van der Waals surface area contributed by atoms with E-state index >= 15 is 0 Å². The molecule has 196 valence electrons. The average Bonchev–Trinajstić information content (AvgIpc) is 2.79. The van der Waals surface area contributed by atoms with E-state index in [0.29, 0.717) is 6.42 Å². The van der Waals surface area contributed by atoms with Crippen molar-refractivity contribution < 1.29 is 37.9 Å². The minimum atomic E-state index is -4.36. The lowest BCUT2D eigenvalue weighted by Crippen LogP contribution is -2.27. The molecule has 1 amide bonds. The summed E-state index contributed by atoms with van der Waals surface area (Å²) in [5.41, 5.74) is 0. The largest absolute Gasteiger partial charge is 0.472 e. The SMILES string of the molecule is CCCCCCCCCCCCCCC(=O)NCCOP(=O)(O)OCC(O)COC(=O)CC. The first-order chi connectivity index (χ1) is 15.8. The Morgan fingerprint density at radius 1 is 0.848 bits per heavy atom. The molecule has 33 heavy (non-hydrogen) atoms. The highest BCUT2D eigenvalue weighted by molar-refractivity contribution is 7.47. The van der Waals surface area contributed by atoms with Gasteiger partial charge in [0.15, 0.2) is 0 Å². The number of ether oxygens (including phenoxy) is 1. The van der Waals surface area contributed by atoms with Crippen LogP contribution in [0.5, 0.6) is 0 Å². The predicted molar refractivity (Wildman–Crippen MR) is 128 cm³/mol. The van der Waals surface area contributed by atoms with Gasteiger partial charge in [-0.15, -0.1) is 0 Å². The number of esters is 1. The molecule has 3 N–H and O–H groups in total. The zero-order valence-corrected chi connectivity index (χ0v) is 21.5. The molecule has 0 fully saturated rings. The van der Waals surface area contributed by atoms with Gasteiger partial charge in [0.1, 0.15) is 12.7 Å². The quantitative estimate of drug-likeness (QED) is 0.106. The van der Waals surface area contributed by atoms with E-state index in [1.807, 2.05) is 0 Å². The number of amides is 1. The van der Waals surface area contributed by atoms with Crippen molar-refractivity contribution in [3.8, 4) is 0 Å². The molecule has 0 aromatic rings. The van der Waals surface area contributed by atoms with E-state index in [0.717, 1.165) is 19.3 Å². The summed E-state index contributed by atoms with van der Waals surface area (Å²) in [7, 11) is -4.36. The Hall–Kier alpha value is -0.990. The Balaban J connectivity index is 3.56. The van der Waals surface area contributed by atoms with E-state index in [9.17, 15) is 24.2 Å². The molecule has 0 aliphatic carbocycles. The minimum Gasteiger partial charge on any atom is -0.463 e. The molecule has 0 aliphatic heterocycles. The smallest absolute Gasteiger partial charge is 0.463 e. The summed E-state index contributed by atoms with van der Waals surface area (Å²) in [6.07, 6.45) is 14.2. The Kier molecular flexibility index (Phi) is 20.9. The van der Waals surface area contributed by atoms with Crippen LogP contribution >= 0.6 is 7.82 Å². The fourth-order valence-electron chi connectivity index (χ4n) is 3.12. The Labute approximate surface area is 199 Å². The van der Waals surface area contributed by atoms with E-state index in [1.54, 1.807) is 6.92 Å². The van der Waals surface area contributed by atoms with Gasteiger partial charge in [0, 0.05) is 19.4 Å². The van der Waals surface area contributed by atoms with Crippen LogP contribution in [0.2, 0.25) is 0 Å². The maximum atomic E-state index is 11.8. The van der Waals surface area contributed by atoms with Gasteiger partial charge < -0.3 is 20.1 Å². The van der Waals surface area contributed by atoms with Crippen molar-refractivity contribution in [1.29, 1.82) is 0 Å². The molecule has 0 saturated heterocycles. The monoisotopic (exact) mass is 495 g/mol. The van der Waals surface area contributed by atoms with Crippen molar-refractivity contribution in [3.05, 3.63) is 0 Å². The van der Waals surface area contributed by atoms with Gasteiger partial charge in [-0.05, 0) is 6.42 Å². The number of phosphoric ester groups is 1. The van der Waals surface area contributed by atoms with E-state index in [4.69, 9.17) is 9.26 Å². The van der Waals surface area contributed by atoms with Crippen LogP contribution in [0.4, 0.5) is 0 Å². The summed E-state index contributed by atoms with van der Waals surface area (Å²) in [5, 5.41) is 12.2. The number of aliphatic hydroxyl groups is 1. The van der Waals surface area contributed by atoms with E-state index in [2.05, 4.69) is 16.8 Å². The number of phosphoric acid groups is 1. The third-order valence-electron chi connectivity index (χ3n) is 5.09. The number of rotatable bonds is 23. The number of aliphatic hydroxyl groups excluding tert-OH is 1. The predicted octanol–water partition coefficient (Wildman–Crippen LogP) is 4.64. The van der Waals surface area contributed by atoms with Crippen LogP contribution in [-0.4, -0.2) is 54.3 Å². The number of hydrogen-bond acceptors (Lipinski definition) is 7. The highest BCUT2D eigenvalue weighted by Crippen LogP contribution is 2.42. The molecule has 0 aromatic carbocycles. The van der Waals surface area contributed by atoms with E-state index in [1.165, 1.54) is 57.8 Å². The molecular formula is C23H46NO8P. The van der Waals surface area contributed by atoms with Gasteiger partial charge in [0.25, 0.3) is 0 Å². The van der Waals surface area contributed by atoms with Gasteiger partial charge in [-0.2, -0.15) is 0 Å². The number of nitrogens with one attached hydrogen (secondary N) is 1. The van der Waals surface area contributed by atoms with Crippen LogP contribution < -0.4 is 5.32 Å². The second kappa shape index (κ2) is 21.5. The zero-order valence-electron chi connectivity index (χ0n) is 20.6. The molecular weight excluding hydrogens is 449 g/mol. The van der Waals surface area contributed by atoms with Crippen LogP contribution in [0, 0.1) is 0 Å². The van der Waals surface area contributed by atoms with Crippen molar-refractivity contribution in [1.82, 2.24) is 5.32 Å². The third kappa shape index (κ3) is 22.6. The number of unbranched alkanes of at least 4 members (excludes halogenated alkanes) is 11. The van der Waals surface area contributed by atoms with Crippen LogP contribution in [-0.2, 0) is 27.9 Å². The van der Waals surface area contributed by atoms with Crippen molar-refractivity contribution in [2.75, 3.05) is 26.4 Å². The molecule has 10 heteroatoms. The van der Waals surface area contributed by atoms with Crippen LogP contribution in [0.3, 0.4) is 0 Å². The highest BCUT2D eigenvalue weighted by Gasteiger charge is 2.23. The summed E-state index contributed by atoms with van der Waals surface area (Å²) in [6.45, 7) is 2.88. The maximum absolute atomic E-state index is 11.8. The highest BCUT2D eigenvalue weighted by atomic mass is 31.2. The second-order valence-electron chi connectivity index (χ2n) is 8.28. The molecule has 2 unspecified atom stereocenters. The first kappa shape index (κ1) is 32.0. The topological polar surface area (TPSA) is 131 Å². The van der Waals surface area contributed by atoms with Crippen LogP contribution in [0.25, 0.3) is 0 Å². The Morgan fingerprint density at radius 2 is 1.39 bits per heavy atom. The molecule has 9 nitrogen and oxygen atoms in total. The van der Waals surface area contributed by atoms with Gasteiger partial charge in [0.05, 0.1) is 13.2 Å². The molecule has 0 saturated carbocycles. The summed E-state index contributed by atoms with van der Waals surface area (Å²) in [6, 6.07) is 0. The Morgan fingerprint density at radius 3 is 1.94 bits per heavy atom. The molecule has 2 atom stereocenters. The van der Waals surface area contributed by atoms with E-state index in [-0.39, 0.29) is 32.1 Å². The van der Waals surface area contributed by atoms with Crippen molar-refractivity contribution >= 4 is 19.7 Å². The third-order valence-corrected chi connectivity index (χ3v) is 6.08. The van der Waals surface area contributed by atoms with Crippen molar-refractivity contribution in [3.63, 3.8) is 0 Å². The fourth-order valence-corrected chi connectivity index (χ4v) is 3.88. The minimum absolute atomic E-state index is 0.0850. The summed E-state index contributed by atoms with van der Waals surface area (Å²) < 4.78 is 25.8. The van der Waals surface area contributed by atoms with Gasteiger partial charge >= 0.3 is 13.8 Å². The molecule has 0 spiro atoms. The number of carbonyl (C=O) groups is 2. The lowest BCUT2D eigenvalue weighted by Gasteiger charge is -2.15. The molecule has 0 bridgehead atoms. The normalized spacial score (nSPS) is 13.9. The second-order valence-corrected chi connectivity index (χ2v) is 9.73. The zero-order chi connectivity index (χ0) is 24.8. The first-order valence-corrected chi connectivity index (χ1v) is 14.0. The van der Waals surface area contributed by atoms with Crippen molar-refractivity contribution in [2.45, 2.75) is 110 Å². The number of hydrogen-bond donors (Lipinski definition) is 3. The first-order valence-electron chi connectivity index (χ1n) is 12.5. The fraction of sp³-hybridized carbons (Fsp3) is 0.913. The van der Waals surface area contributed by atoms with Crippen molar-refractivity contribution in [2.24, 2.45) is 0 Å². The molecule has 0 aromatic heterocycles. The molecule has 0 rings (SSSR count). The van der Waals surface area contributed by atoms with Crippen LogP contribution in [0.15, 0.2) is 0 Å². The van der Waals surface area contributed by atoms with Gasteiger partial charge in [-0.1, -0.05) is 84.5 Å². The average molecular weight is 496 g/mol. The summed E-state index contributed by atoms with van der Waals surface area (Å²) in [5.74, 6) is -0.607. The lowest BCUT2D eigenvalue weighted by atomic mass is 10.0. The van der Waals surface area contributed by atoms with Gasteiger partial charge in [-0.3, -0.25) is 18.6 Å². The number of carbonyl (C=O) groups excluding carboxylic acids is 2. The molecule has 0 radical (unpaired) electrons. The molecule has 0 aliphatic rings. The van der Waals surface area contributed by atoms with E-state index < -0.39 is 26.5 Å². The standard InChI is InChI=1S/C23H46NO8P/c1-3-5-6-7-8-9-10-11-12-13-14-15-16-22(26)24-17-18-31-33(28,29)32-20-21(25)19-30-23(27)4-2/h21,25H,3-20H2,1-2H3,(H,24,26)(H,28,29). The Bertz CT molecular complexity index is 547. The van der Waals surface area contributed by atoms with Crippen LogP contribution in [0.1, 0.15) is 104 Å². The van der Waals surface area contributed by atoms with Gasteiger partial charge in [-0.25, -0.2) is 4.57 Å². The molecule has 0 heterocycles. The lowest BCUT2D eigenvalue weighted by molar-refractivity contribution is -0.146. The van der Waals surface area contributed by atoms with Gasteiger partial charge in [0.2, 0.25) is 5.91 Å².